The van der Waals surface area contributed by atoms with Crippen LogP contribution >= 0.6 is 11.3 Å². The van der Waals surface area contributed by atoms with Gasteiger partial charge in [0.05, 0.1) is 12.6 Å². The molecule has 1 aliphatic rings. The molecule has 0 aliphatic carbocycles. The lowest BCUT2D eigenvalue weighted by atomic mass is 10.0. The predicted molar refractivity (Wildman–Crippen MR) is 71.1 cm³/mol. The van der Waals surface area contributed by atoms with Gasteiger partial charge in [0.1, 0.15) is 0 Å². The minimum absolute atomic E-state index is 0.0141. The Morgan fingerprint density at radius 2 is 2.41 bits per heavy atom. The molecular weight excluding hydrogens is 232 g/mol. The molecule has 2 heterocycles. The molecular formula is C13H20N2OS. The summed E-state index contributed by atoms with van der Waals surface area (Å²) in [5, 5.41) is 5.38. The quantitative estimate of drug-likeness (QED) is 0.892. The molecule has 1 aromatic heterocycles. The number of likely N-dealkylation sites (N-methyl/N-ethyl adjacent to an activating group) is 1. The highest BCUT2D eigenvalue weighted by atomic mass is 32.1. The maximum absolute atomic E-state index is 12.3. The fraction of sp³-hybridized carbons (Fsp3) is 0.615. The van der Waals surface area contributed by atoms with E-state index in [2.05, 4.69) is 30.6 Å². The summed E-state index contributed by atoms with van der Waals surface area (Å²) in [7, 11) is 1.90. The molecule has 1 aromatic rings. The Kier molecular flexibility index (Phi) is 3.84. The van der Waals surface area contributed by atoms with Gasteiger partial charge >= 0.3 is 0 Å². The molecule has 94 valence electrons. The average molecular weight is 252 g/mol. The Morgan fingerprint density at radius 1 is 1.65 bits per heavy atom. The number of nitrogens with one attached hydrogen (secondary N) is 1. The minimum atomic E-state index is 0.0141. The van der Waals surface area contributed by atoms with E-state index in [9.17, 15) is 4.79 Å². The molecule has 1 N–H and O–H groups in total. The van der Waals surface area contributed by atoms with Gasteiger partial charge in [-0.05, 0) is 42.8 Å². The van der Waals surface area contributed by atoms with E-state index in [1.54, 1.807) is 11.3 Å². The van der Waals surface area contributed by atoms with Crippen molar-refractivity contribution in [1.29, 1.82) is 0 Å². The van der Waals surface area contributed by atoms with Crippen LogP contribution < -0.4 is 5.32 Å². The van der Waals surface area contributed by atoms with E-state index < -0.39 is 0 Å². The van der Waals surface area contributed by atoms with Crippen LogP contribution in [0.3, 0.4) is 0 Å². The van der Waals surface area contributed by atoms with Gasteiger partial charge in [-0.25, -0.2) is 0 Å². The zero-order valence-electron chi connectivity index (χ0n) is 10.7. The van der Waals surface area contributed by atoms with E-state index >= 15 is 0 Å². The van der Waals surface area contributed by atoms with Crippen LogP contribution in [0.5, 0.6) is 0 Å². The highest BCUT2D eigenvalue weighted by molar-refractivity contribution is 7.10. The van der Waals surface area contributed by atoms with Crippen LogP contribution in [0, 0.1) is 12.8 Å². The van der Waals surface area contributed by atoms with Crippen molar-refractivity contribution >= 4 is 17.2 Å². The maximum Gasteiger partial charge on any atom is 0.240 e. The number of amides is 1. The fourth-order valence-corrected chi connectivity index (χ4v) is 3.22. The van der Waals surface area contributed by atoms with Crippen LogP contribution in [-0.2, 0) is 11.3 Å². The Labute approximate surface area is 107 Å². The third-order valence-electron chi connectivity index (χ3n) is 3.52. The van der Waals surface area contributed by atoms with Crippen LogP contribution in [-0.4, -0.2) is 30.4 Å². The third-order valence-corrected chi connectivity index (χ3v) is 4.53. The van der Waals surface area contributed by atoms with Crippen LogP contribution in [0.2, 0.25) is 0 Å². The van der Waals surface area contributed by atoms with Gasteiger partial charge in [-0.15, -0.1) is 11.3 Å². The Hall–Kier alpha value is -0.870. The molecule has 1 saturated heterocycles. The number of thiophene rings is 1. The van der Waals surface area contributed by atoms with Crippen molar-refractivity contribution in [1.82, 2.24) is 10.2 Å². The average Bonchev–Trinajstić information content (AvgIpc) is 2.88. The Balaban J connectivity index is 1.98. The highest BCUT2D eigenvalue weighted by Gasteiger charge is 2.31. The SMILES string of the molecule is Cc1ccsc1CN(C)C(=O)C1NCCC1C. The zero-order valence-corrected chi connectivity index (χ0v) is 11.5. The molecule has 1 amide bonds. The monoisotopic (exact) mass is 252 g/mol. The smallest absolute Gasteiger partial charge is 0.240 e. The molecule has 0 spiro atoms. The first-order chi connectivity index (χ1) is 8.09. The first-order valence-corrected chi connectivity index (χ1v) is 6.99. The molecule has 0 aromatic carbocycles. The molecule has 2 atom stereocenters. The summed E-state index contributed by atoms with van der Waals surface area (Å²) in [6, 6.07) is 2.12. The molecule has 4 heteroatoms. The number of hydrogen-bond donors (Lipinski definition) is 1. The van der Waals surface area contributed by atoms with Crippen molar-refractivity contribution in [3.05, 3.63) is 21.9 Å². The van der Waals surface area contributed by atoms with Gasteiger partial charge in [0.2, 0.25) is 5.91 Å². The molecule has 17 heavy (non-hydrogen) atoms. The van der Waals surface area contributed by atoms with E-state index in [0.717, 1.165) is 19.5 Å². The van der Waals surface area contributed by atoms with E-state index in [-0.39, 0.29) is 11.9 Å². The lowest BCUT2D eigenvalue weighted by Gasteiger charge is -2.23. The van der Waals surface area contributed by atoms with Gasteiger partial charge in [-0.1, -0.05) is 6.92 Å². The molecule has 0 radical (unpaired) electrons. The van der Waals surface area contributed by atoms with Crippen molar-refractivity contribution in [2.75, 3.05) is 13.6 Å². The normalized spacial score (nSPS) is 23.9. The molecule has 0 bridgehead atoms. The summed E-state index contributed by atoms with van der Waals surface area (Å²) in [5.74, 6) is 0.678. The van der Waals surface area contributed by atoms with Gasteiger partial charge in [-0.3, -0.25) is 4.79 Å². The largest absolute Gasteiger partial charge is 0.339 e. The van der Waals surface area contributed by atoms with Crippen molar-refractivity contribution in [2.24, 2.45) is 5.92 Å². The molecule has 1 fully saturated rings. The molecule has 3 nitrogen and oxygen atoms in total. The number of aryl methyl sites for hydroxylation is 1. The lowest BCUT2D eigenvalue weighted by Crippen LogP contribution is -2.43. The molecule has 2 unspecified atom stereocenters. The van der Waals surface area contributed by atoms with Gasteiger partial charge in [0.25, 0.3) is 0 Å². The van der Waals surface area contributed by atoms with Crippen molar-refractivity contribution in [3.8, 4) is 0 Å². The highest BCUT2D eigenvalue weighted by Crippen LogP contribution is 2.20. The second kappa shape index (κ2) is 5.19. The van der Waals surface area contributed by atoms with E-state index in [4.69, 9.17) is 0 Å². The van der Waals surface area contributed by atoms with Crippen molar-refractivity contribution < 1.29 is 4.79 Å². The fourth-order valence-electron chi connectivity index (χ4n) is 2.26. The third kappa shape index (κ3) is 2.69. The van der Waals surface area contributed by atoms with Crippen LogP contribution in [0.1, 0.15) is 23.8 Å². The topological polar surface area (TPSA) is 32.3 Å². The summed E-state index contributed by atoms with van der Waals surface area (Å²) in [6.45, 7) is 5.93. The number of carbonyl (C=O) groups is 1. The van der Waals surface area contributed by atoms with E-state index in [1.165, 1.54) is 10.4 Å². The first-order valence-electron chi connectivity index (χ1n) is 6.11. The molecule has 0 saturated carbocycles. The second-order valence-corrected chi connectivity index (χ2v) is 5.92. The van der Waals surface area contributed by atoms with Crippen molar-refractivity contribution in [3.63, 3.8) is 0 Å². The van der Waals surface area contributed by atoms with Crippen molar-refractivity contribution in [2.45, 2.75) is 32.9 Å². The number of rotatable bonds is 3. The summed E-state index contributed by atoms with van der Waals surface area (Å²) < 4.78 is 0. The van der Waals surface area contributed by atoms with Gasteiger partial charge in [-0.2, -0.15) is 0 Å². The summed E-state index contributed by atoms with van der Waals surface area (Å²) in [6.07, 6.45) is 1.10. The van der Waals surface area contributed by atoms with Crippen LogP contribution in [0.15, 0.2) is 11.4 Å². The van der Waals surface area contributed by atoms with Crippen LogP contribution in [0.25, 0.3) is 0 Å². The summed E-state index contributed by atoms with van der Waals surface area (Å²) in [5.41, 5.74) is 1.28. The first kappa shape index (κ1) is 12.6. The van der Waals surface area contributed by atoms with E-state index in [0.29, 0.717) is 5.92 Å². The predicted octanol–water partition coefficient (Wildman–Crippen LogP) is 2.01. The zero-order chi connectivity index (χ0) is 12.4. The van der Waals surface area contributed by atoms with Crippen LogP contribution in [0.4, 0.5) is 0 Å². The summed E-state index contributed by atoms with van der Waals surface area (Å²) in [4.78, 5) is 15.4. The number of nitrogens with zero attached hydrogens (tertiary/aromatic N) is 1. The molecule has 1 aliphatic heterocycles. The number of hydrogen-bond acceptors (Lipinski definition) is 3. The van der Waals surface area contributed by atoms with Gasteiger partial charge in [0, 0.05) is 11.9 Å². The standard InChI is InChI=1S/C13H20N2OS/c1-9-5-7-17-11(9)8-15(3)13(16)12-10(2)4-6-14-12/h5,7,10,12,14H,4,6,8H2,1-3H3. The number of carbonyl (C=O) groups excluding carboxylic acids is 1. The minimum Gasteiger partial charge on any atom is -0.339 e. The van der Waals surface area contributed by atoms with Gasteiger partial charge < -0.3 is 10.2 Å². The Morgan fingerprint density at radius 3 is 2.94 bits per heavy atom. The second-order valence-electron chi connectivity index (χ2n) is 4.92. The summed E-state index contributed by atoms with van der Waals surface area (Å²) >= 11 is 1.72. The Bertz CT molecular complexity index is 402. The maximum atomic E-state index is 12.3. The van der Waals surface area contributed by atoms with Gasteiger partial charge in [0.15, 0.2) is 0 Å². The van der Waals surface area contributed by atoms with E-state index in [1.807, 2.05) is 11.9 Å². The lowest BCUT2D eigenvalue weighted by molar-refractivity contribution is -0.133. The molecule has 2 rings (SSSR count).